The Bertz CT molecular complexity index is 559. The van der Waals surface area contributed by atoms with Gasteiger partial charge in [0.1, 0.15) is 5.75 Å². The first kappa shape index (κ1) is 16.5. The van der Waals surface area contributed by atoms with Crippen LogP contribution < -0.4 is 4.74 Å². The molecule has 1 aromatic carbocycles. The minimum Gasteiger partial charge on any atom is -0.497 e. The van der Waals surface area contributed by atoms with Gasteiger partial charge in [-0.3, -0.25) is 14.5 Å². The van der Waals surface area contributed by atoms with Gasteiger partial charge in [-0.05, 0) is 56.5 Å². The Morgan fingerprint density at radius 2 is 1.95 bits per heavy atom. The number of benzene rings is 1. The normalized spacial score (nSPS) is 19.0. The minimum atomic E-state index is -0.769. The van der Waals surface area contributed by atoms with E-state index in [1.54, 1.807) is 7.11 Å². The molecule has 0 aromatic heterocycles. The third kappa shape index (κ3) is 3.65. The Kier molecular flexibility index (Phi) is 5.19. The number of aryl methyl sites for hydroxylation is 2. The fraction of sp³-hybridized carbons (Fsp3) is 0.529. The van der Waals surface area contributed by atoms with E-state index < -0.39 is 5.97 Å². The molecule has 1 heterocycles. The molecule has 120 valence electrons. The molecule has 1 unspecified atom stereocenters. The van der Waals surface area contributed by atoms with E-state index in [1.807, 2.05) is 30.9 Å². The first-order chi connectivity index (χ1) is 10.4. The van der Waals surface area contributed by atoms with Crippen molar-refractivity contribution in [3.63, 3.8) is 0 Å². The summed E-state index contributed by atoms with van der Waals surface area (Å²) in [5.74, 6) is -0.340. The molecule has 0 spiro atoms. The summed E-state index contributed by atoms with van der Waals surface area (Å²) in [4.78, 5) is 25.7. The van der Waals surface area contributed by atoms with Crippen molar-refractivity contribution in [2.24, 2.45) is 5.92 Å². The molecule has 2 rings (SSSR count). The minimum absolute atomic E-state index is 0.0451. The summed E-state index contributed by atoms with van der Waals surface area (Å²) < 4.78 is 5.21. The number of aliphatic carboxylic acids is 1. The van der Waals surface area contributed by atoms with Crippen LogP contribution in [0.15, 0.2) is 12.1 Å². The largest absolute Gasteiger partial charge is 0.497 e. The van der Waals surface area contributed by atoms with E-state index >= 15 is 0 Å². The van der Waals surface area contributed by atoms with Crippen LogP contribution in [0.4, 0.5) is 0 Å². The van der Waals surface area contributed by atoms with Crippen LogP contribution in [0.1, 0.15) is 34.3 Å². The molecule has 1 fully saturated rings. The molecule has 0 amide bonds. The monoisotopic (exact) mass is 305 g/mol. The van der Waals surface area contributed by atoms with Crippen LogP contribution in [0.3, 0.4) is 0 Å². The number of hydrogen-bond donors (Lipinski definition) is 1. The number of Topliss-reactive ketones (excluding diaryl/α,β-unsaturated/α-hetero) is 1. The Balaban J connectivity index is 2.11. The zero-order chi connectivity index (χ0) is 16.3. The average molecular weight is 305 g/mol. The molecule has 0 aliphatic carbocycles. The first-order valence-electron chi connectivity index (χ1n) is 7.56. The summed E-state index contributed by atoms with van der Waals surface area (Å²) in [5, 5.41) is 9.13. The Hall–Kier alpha value is -1.88. The van der Waals surface area contributed by atoms with Crippen LogP contribution in [0.25, 0.3) is 0 Å². The lowest BCUT2D eigenvalue weighted by atomic mass is 9.95. The number of carbonyl (C=O) groups excluding carboxylic acids is 1. The van der Waals surface area contributed by atoms with E-state index in [1.165, 1.54) is 0 Å². The van der Waals surface area contributed by atoms with E-state index in [0.29, 0.717) is 13.0 Å². The second kappa shape index (κ2) is 6.92. The van der Waals surface area contributed by atoms with Gasteiger partial charge in [-0.15, -0.1) is 0 Å². The molecular formula is C17H23NO4. The van der Waals surface area contributed by atoms with Crippen molar-refractivity contribution in [3.05, 3.63) is 28.8 Å². The van der Waals surface area contributed by atoms with Crippen LogP contribution in [0, 0.1) is 19.8 Å². The Morgan fingerprint density at radius 1 is 1.32 bits per heavy atom. The number of carbonyl (C=O) groups is 2. The van der Waals surface area contributed by atoms with Gasteiger partial charge in [0.05, 0.1) is 19.6 Å². The first-order valence-corrected chi connectivity index (χ1v) is 7.56. The molecule has 5 heteroatoms. The van der Waals surface area contributed by atoms with Gasteiger partial charge in [0, 0.05) is 12.1 Å². The van der Waals surface area contributed by atoms with Crippen LogP contribution >= 0.6 is 0 Å². The van der Waals surface area contributed by atoms with Crippen molar-refractivity contribution in [1.82, 2.24) is 4.90 Å². The molecule has 22 heavy (non-hydrogen) atoms. The summed E-state index contributed by atoms with van der Waals surface area (Å²) in [5.41, 5.74) is 2.51. The molecule has 1 aliphatic heterocycles. The highest BCUT2D eigenvalue weighted by Crippen LogP contribution is 2.23. The van der Waals surface area contributed by atoms with E-state index in [4.69, 9.17) is 9.84 Å². The molecule has 1 saturated heterocycles. The molecule has 1 N–H and O–H groups in total. The maximum atomic E-state index is 12.6. The van der Waals surface area contributed by atoms with Gasteiger partial charge < -0.3 is 9.84 Å². The van der Waals surface area contributed by atoms with E-state index in [2.05, 4.69) is 0 Å². The van der Waals surface area contributed by atoms with Crippen LogP contribution in [0.5, 0.6) is 5.75 Å². The van der Waals surface area contributed by atoms with Gasteiger partial charge >= 0.3 is 5.97 Å². The quantitative estimate of drug-likeness (QED) is 0.845. The number of hydrogen-bond acceptors (Lipinski definition) is 4. The lowest BCUT2D eigenvalue weighted by Gasteiger charge is -2.30. The number of nitrogens with zero attached hydrogens (tertiary/aromatic N) is 1. The smallest absolute Gasteiger partial charge is 0.307 e. The fourth-order valence-corrected chi connectivity index (χ4v) is 3.16. The van der Waals surface area contributed by atoms with E-state index in [0.717, 1.165) is 35.4 Å². The maximum absolute atomic E-state index is 12.6. The average Bonchev–Trinajstić information content (AvgIpc) is 2.46. The SMILES string of the molecule is COc1cc(C)c(C(=O)CN2CCCC(C(=O)O)C2)c(C)c1. The number of ketones is 1. The fourth-order valence-electron chi connectivity index (χ4n) is 3.16. The van der Waals surface area contributed by atoms with E-state index in [9.17, 15) is 9.59 Å². The van der Waals surface area contributed by atoms with Crippen molar-refractivity contribution >= 4 is 11.8 Å². The third-order valence-electron chi connectivity index (χ3n) is 4.24. The summed E-state index contributed by atoms with van der Waals surface area (Å²) in [7, 11) is 1.61. The summed E-state index contributed by atoms with van der Waals surface area (Å²) in [6.45, 7) is 5.31. The molecule has 1 aromatic rings. The summed E-state index contributed by atoms with van der Waals surface area (Å²) in [6, 6.07) is 3.72. The second-order valence-corrected chi connectivity index (χ2v) is 5.97. The van der Waals surface area contributed by atoms with E-state index in [-0.39, 0.29) is 18.2 Å². The predicted octanol–water partition coefficient (Wildman–Crippen LogP) is 2.29. The molecule has 5 nitrogen and oxygen atoms in total. The number of piperidine rings is 1. The van der Waals surface area contributed by atoms with Gasteiger partial charge in [0.2, 0.25) is 0 Å². The molecule has 0 radical (unpaired) electrons. The lowest BCUT2D eigenvalue weighted by molar-refractivity contribution is -0.143. The number of rotatable bonds is 5. The van der Waals surface area contributed by atoms with Crippen LogP contribution in [-0.2, 0) is 4.79 Å². The topological polar surface area (TPSA) is 66.8 Å². The number of carboxylic acids is 1. The van der Waals surface area contributed by atoms with Crippen LogP contribution in [0.2, 0.25) is 0 Å². The molecule has 0 saturated carbocycles. The number of methoxy groups -OCH3 is 1. The van der Waals surface area contributed by atoms with Gasteiger partial charge in [0.15, 0.2) is 5.78 Å². The summed E-state index contributed by atoms with van der Waals surface area (Å²) >= 11 is 0. The lowest BCUT2D eigenvalue weighted by Crippen LogP contribution is -2.41. The number of carboxylic acid groups (broad SMARTS) is 1. The highest BCUT2D eigenvalue weighted by atomic mass is 16.5. The van der Waals surface area contributed by atoms with Gasteiger partial charge in [0.25, 0.3) is 0 Å². The summed E-state index contributed by atoms with van der Waals surface area (Å²) in [6.07, 6.45) is 1.52. The maximum Gasteiger partial charge on any atom is 0.307 e. The van der Waals surface area contributed by atoms with Crippen molar-refractivity contribution in [2.75, 3.05) is 26.7 Å². The van der Waals surface area contributed by atoms with Crippen molar-refractivity contribution < 1.29 is 19.4 Å². The van der Waals surface area contributed by atoms with Crippen molar-refractivity contribution in [2.45, 2.75) is 26.7 Å². The number of ether oxygens (including phenoxy) is 1. The Morgan fingerprint density at radius 3 is 2.50 bits per heavy atom. The standard InChI is InChI=1S/C17H23NO4/c1-11-7-14(22-3)8-12(2)16(11)15(19)10-18-6-4-5-13(9-18)17(20)21/h7-8,13H,4-6,9-10H2,1-3H3,(H,20,21). The van der Waals surface area contributed by atoms with Gasteiger partial charge in [-0.2, -0.15) is 0 Å². The van der Waals surface area contributed by atoms with Crippen molar-refractivity contribution in [3.8, 4) is 5.75 Å². The molecular weight excluding hydrogens is 282 g/mol. The highest BCUT2D eigenvalue weighted by molar-refractivity contribution is 6.00. The van der Waals surface area contributed by atoms with Crippen molar-refractivity contribution in [1.29, 1.82) is 0 Å². The zero-order valence-corrected chi connectivity index (χ0v) is 13.4. The number of likely N-dealkylation sites (tertiary alicyclic amines) is 1. The molecule has 1 aliphatic rings. The highest BCUT2D eigenvalue weighted by Gasteiger charge is 2.27. The van der Waals surface area contributed by atoms with Gasteiger partial charge in [-0.1, -0.05) is 0 Å². The second-order valence-electron chi connectivity index (χ2n) is 5.97. The molecule has 0 bridgehead atoms. The predicted molar refractivity (Wildman–Crippen MR) is 83.6 cm³/mol. The Labute approximate surface area is 130 Å². The zero-order valence-electron chi connectivity index (χ0n) is 13.4. The van der Waals surface area contributed by atoms with Crippen LogP contribution in [-0.4, -0.2) is 48.5 Å². The third-order valence-corrected chi connectivity index (χ3v) is 4.24. The van der Waals surface area contributed by atoms with Gasteiger partial charge in [-0.25, -0.2) is 0 Å². The molecule has 1 atom stereocenters.